The summed E-state index contributed by atoms with van der Waals surface area (Å²) in [5, 5.41) is 13.4. The van der Waals surface area contributed by atoms with E-state index in [9.17, 15) is 5.11 Å². The number of methoxy groups -OCH3 is 1. The van der Waals surface area contributed by atoms with Gasteiger partial charge in [0.15, 0.2) is 0 Å². The van der Waals surface area contributed by atoms with Crippen molar-refractivity contribution in [2.75, 3.05) is 13.7 Å². The van der Waals surface area contributed by atoms with Gasteiger partial charge in [0.25, 0.3) is 0 Å². The molecule has 1 unspecified atom stereocenters. The molecular formula is C14H23NO2. The lowest BCUT2D eigenvalue weighted by molar-refractivity contribution is 0.0139. The van der Waals surface area contributed by atoms with Crippen LogP contribution in [0.5, 0.6) is 5.75 Å². The van der Waals surface area contributed by atoms with Gasteiger partial charge < -0.3 is 15.2 Å². The summed E-state index contributed by atoms with van der Waals surface area (Å²) in [6, 6.07) is 7.90. The molecule has 0 aromatic heterocycles. The van der Waals surface area contributed by atoms with E-state index in [1.165, 1.54) is 0 Å². The number of aliphatic hydroxyl groups is 1. The van der Waals surface area contributed by atoms with Gasteiger partial charge >= 0.3 is 0 Å². The van der Waals surface area contributed by atoms with Crippen molar-refractivity contribution in [1.82, 2.24) is 5.32 Å². The molecule has 1 aromatic carbocycles. The highest BCUT2D eigenvalue weighted by molar-refractivity contribution is 5.32. The van der Waals surface area contributed by atoms with Crippen LogP contribution in [0.25, 0.3) is 0 Å². The Hall–Kier alpha value is -1.06. The number of benzene rings is 1. The van der Waals surface area contributed by atoms with Crippen LogP contribution in [0.15, 0.2) is 24.3 Å². The van der Waals surface area contributed by atoms with Crippen LogP contribution >= 0.6 is 0 Å². The second-order valence-electron chi connectivity index (χ2n) is 4.93. The first kappa shape index (κ1) is 14.0. The summed E-state index contributed by atoms with van der Waals surface area (Å²) >= 11 is 0. The highest BCUT2D eigenvalue weighted by Gasteiger charge is 2.24. The molecule has 0 amide bonds. The molecule has 0 saturated carbocycles. The molecule has 17 heavy (non-hydrogen) atoms. The summed E-state index contributed by atoms with van der Waals surface area (Å²) in [6.45, 7) is 7.16. The van der Waals surface area contributed by atoms with Crippen molar-refractivity contribution in [3.63, 3.8) is 0 Å². The summed E-state index contributed by atoms with van der Waals surface area (Å²) in [5.74, 6) is 1.11. The van der Waals surface area contributed by atoms with Gasteiger partial charge in [-0.3, -0.25) is 0 Å². The molecule has 0 saturated heterocycles. The maximum Gasteiger partial charge on any atom is 0.123 e. The fourth-order valence-corrected chi connectivity index (χ4v) is 1.50. The Morgan fingerprint density at radius 3 is 2.59 bits per heavy atom. The topological polar surface area (TPSA) is 41.5 Å². The number of hydrogen-bond acceptors (Lipinski definition) is 3. The molecule has 96 valence electrons. The summed E-state index contributed by atoms with van der Waals surface area (Å²) in [7, 11) is 1.67. The molecule has 0 radical (unpaired) electrons. The van der Waals surface area contributed by atoms with Crippen LogP contribution in [0.2, 0.25) is 0 Å². The van der Waals surface area contributed by atoms with Crippen molar-refractivity contribution in [3.05, 3.63) is 29.8 Å². The first-order chi connectivity index (χ1) is 7.97. The monoisotopic (exact) mass is 237 g/mol. The van der Waals surface area contributed by atoms with Crippen molar-refractivity contribution < 1.29 is 9.84 Å². The minimum absolute atomic E-state index is 0.229. The quantitative estimate of drug-likeness (QED) is 0.797. The zero-order chi connectivity index (χ0) is 12.9. The van der Waals surface area contributed by atoms with E-state index in [1.807, 2.05) is 45.0 Å². The zero-order valence-corrected chi connectivity index (χ0v) is 11.2. The van der Waals surface area contributed by atoms with Crippen LogP contribution in [-0.4, -0.2) is 24.4 Å². The van der Waals surface area contributed by atoms with Crippen LogP contribution in [0.1, 0.15) is 26.3 Å². The van der Waals surface area contributed by atoms with Gasteiger partial charge in [-0.25, -0.2) is 0 Å². The lowest BCUT2D eigenvalue weighted by atomic mass is 9.92. The molecule has 0 fully saturated rings. The number of para-hydroxylation sites is 1. The molecule has 0 aliphatic rings. The van der Waals surface area contributed by atoms with E-state index in [2.05, 4.69) is 5.32 Å². The molecule has 2 N–H and O–H groups in total. The Kier molecular flexibility index (Phi) is 4.97. The number of hydrogen-bond donors (Lipinski definition) is 2. The fraction of sp³-hybridized carbons (Fsp3) is 0.571. The van der Waals surface area contributed by atoms with Gasteiger partial charge in [0.1, 0.15) is 5.75 Å². The highest BCUT2D eigenvalue weighted by Crippen LogP contribution is 2.18. The minimum Gasteiger partial charge on any atom is -0.496 e. The molecule has 3 nitrogen and oxygen atoms in total. The van der Waals surface area contributed by atoms with Crippen molar-refractivity contribution in [3.8, 4) is 5.75 Å². The van der Waals surface area contributed by atoms with Gasteiger partial charge in [-0.1, -0.05) is 32.0 Å². The highest BCUT2D eigenvalue weighted by atomic mass is 16.5. The van der Waals surface area contributed by atoms with Gasteiger partial charge in [-0.15, -0.1) is 0 Å². The Balaban J connectivity index is 2.51. The average molecular weight is 237 g/mol. The van der Waals surface area contributed by atoms with E-state index in [1.54, 1.807) is 7.11 Å². The third kappa shape index (κ3) is 4.02. The lowest BCUT2D eigenvalue weighted by Gasteiger charge is -2.28. The molecule has 3 heteroatoms. The number of rotatable bonds is 6. The Morgan fingerprint density at radius 1 is 1.35 bits per heavy atom. The Morgan fingerprint density at radius 2 is 2.00 bits per heavy atom. The molecular weight excluding hydrogens is 214 g/mol. The van der Waals surface area contributed by atoms with Crippen molar-refractivity contribution in [2.24, 2.45) is 5.92 Å². The van der Waals surface area contributed by atoms with E-state index in [4.69, 9.17) is 4.74 Å². The average Bonchev–Trinajstić information content (AvgIpc) is 2.29. The normalized spacial score (nSPS) is 14.7. The summed E-state index contributed by atoms with van der Waals surface area (Å²) in [4.78, 5) is 0. The molecule has 1 atom stereocenters. The lowest BCUT2D eigenvalue weighted by Crippen LogP contribution is -2.41. The van der Waals surface area contributed by atoms with E-state index in [-0.39, 0.29) is 5.92 Å². The first-order valence-electron chi connectivity index (χ1n) is 6.02. The van der Waals surface area contributed by atoms with E-state index >= 15 is 0 Å². The van der Waals surface area contributed by atoms with Gasteiger partial charge in [0.05, 0.1) is 12.7 Å². The van der Waals surface area contributed by atoms with Gasteiger partial charge in [-0.2, -0.15) is 0 Å². The largest absolute Gasteiger partial charge is 0.496 e. The summed E-state index contributed by atoms with van der Waals surface area (Å²) in [5.41, 5.74) is 0.428. The standard InChI is InChI=1S/C14H23NO2/c1-11(2)14(3,16)10-15-9-12-7-5-6-8-13(12)17-4/h5-8,11,15-16H,9-10H2,1-4H3. The molecule has 0 aliphatic heterocycles. The van der Waals surface area contributed by atoms with Crippen molar-refractivity contribution in [2.45, 2.75) is 32.9 Å². The van der Waals surface area contributed by atoms with E-state index < -0.39 is 5.60 Å². The predicted molar refractivity (Wildman–Crippen MR) is 70.2 cm³/mol. The third-order valence-corrected chi connectivity index (χ3v) is 3.23. The second kappa shape index (κ2) is 6.03. The zero-order valence-electron chi connectivity index (χ0n) is 11.2. The number of nitrogens with one attached hydrogen (secondary N) is 1. The molecule has 0 heterocycles. The molecule has 0 spiro atoms. The smallest absolute Gasteiger partial charge is 0.123 e. The van der Waals surface area contributed by atoms with Crippen LogP contribution in [0.4, 0.5) is 0 Å². The van der Waals surface area contributed by atoms with Gasteiger partial charge in [0, 0.05) is 18.7 Å². The van der Waals surface area contributed by atoms with Crippen molar-refractivity contribution in [1.29, 1.82) is 0 Å². The minimum atomic E-state index is -0.679. The fourth-order valence-electron chi connectivity index (χ4n) is 1.50. The molecule has 1 aromatic rings. The molecule has 0 aliphatic carbocycles. The second-order valence-corrected chi connectivity index (χ2v) is 4.93. The van der Waals surface area contributed by atoms with Crippen LogP contribution in [0, 0.1) is 5.92 Å². The first-order valence-corrected chi connectivity index (χ1v) is 6.02. The molecule has 0 bridgehead atoms. The Bertz CT molecular complexity index is 348. The summed E-state index contributed by atoms with van der Waals surface area (Å²) in [6.07, 6.45) is 0. The maximum atomic E-state index is 10.1. The maximum absolute atomic E-state index is 10.1. The van der Waals surface area contributed by atoms with E-state index in [0.717, 1.165) is 11.3 Å². The Labute approximate surface area is 104 Å². The van der Waals surface area contributed by atoms with Crippen molar-refractivity contribution >= 4 is 0 Å². The van der Waals surface area contributed by atoms with Crippen LogP contribution in [0.3, 0.4) is 0 Å². The van der Waals surface area contributed by atoms with Gasteiger partial charge in [-0.05, 0) is 18.9 Å². The van der Waals surface area contributed by atoms with Gasteiger partial charge in [0.2, 0.25) is 0 Å². The van der Waals surface area contributed by atoms with Crippen LogP contribution < -0.4 is 10.1 Å². The third-order valence-electron chi connectivity index (χ3n) is 3.23. The molecule has 1 rings (SSSR count). The summed E-state index contributed by atoms with van der Waals surface area (Å²) < 4.78 is 5.27. The number of ether oxygens (including phenoxy) is 1. The van der Waals surface area contributed by atoms with Crippen LogP contribution in [-0.2, 0) is 6.54 Å². The SMILES string of the molecule is COc1ccccc1CNCC(C)(O)C(C)C. The van der Waals surface area contributed by atoms with E-state index in [0.29, 0.717) is 13.1 Å². The predicted octanol–water partition coefficient (Wildman–Crippen LogP) is 2.19.